The van der Waals surface area contributed by atoms with Gasteiger partial charge in [-0.1, -0.05) is 0 Å². The zero-order chi connectivity index (χ0) is 14.9. The van der Waals surface area contributed by atoms with Crippen LogP contribution in [0.3, 0.4) is 0 Å². The van der Waals surface area contributed by atoms with Crippen LogP contribution in [0, 0.1) is 0 Å². The topological polar surface area (TPSA) is 57.0 Å². The maximum atomic E-state index is 4.58. The molecule has 2 N–H and O–H groups in total. The summed E-state index contributed by atoms with van der Waals surface area (Å²) in [5.74, 6) is 0.874. The summed E-state index contributed by atoms with van der Waals surface area (Å²) >= 11 is 1.66. The quantitative estimate of drug-likeness (QED) is 0.428. The van der Waals surface area contributed by atoms with E-state index in [9.17, 15) is 0 Å². The van der Waals surface area contributed by atoms with Gasteiger partial charge in [0.05, 0.1) is 12.2 Å². The van der Waals surface area contributed by atoms with Crippen molar-refractivity contribution in [2.75, 3.05) is 20.1 Å². The van der Waals surface area contributed by atoms with Crippen molar-refractivity contribution in [2.24, 2.45) is 4.99 Å². The molecule has 2 aromatic rings. The number of halogens is 1. The highest BCUT2D eigenvalue weighted by atomic mass is 127. The number of hydrogen-bond donors (Lipinski definition) is 2. The van der Waals surface area contributed by atoms with E-state index in [4.69, 9.17) is 0 Å². The summed E-state index contributed by atoms with van der Waals surface area (Å²) in [6, 6.07) is 1.37. The number of nitrogens with zero attached hydrogens (tertiary/aromatic N) is 4. The Kier molecular flexibility index (Phi) is 5.42. The first kappa shape index (κ1) is 17.0. The van der Waals surface area contributed by atoms with Gasteiger partial charge >= 0.3 is 0 Å². The third-order valence-corrected chi connectivity index (χ3v) is 5.20. The van der Waals surface area contributed by atoms with Crippen molar-refractivity contribution in [1.82, 2.24) is 24.9 Å². The first-order chi connectivity index (χ1) is 10.8. The Morgan fingerprint density at radius 3 is 3.04 bits per heavy atom. The lowest BCUT2D eigenvalue weighted by Crippen LogP contribution is -2.44. The molecule has 2 aliphatic rings. The summed E-state index contributed by atoms with van der Waals surface area (Å²) in [6.45, 7) is 3.06. The minimum Gasteiger partial charge on any atom is -0.352 e. The van der Waals surface area contributed by atoms with Crippen LogP contribution in [0.4, 0.5) is 0 Å². The Labute approximate surface area is 157 Å². The molecule has 1 aliphatic heterocycles. The fourth-order valence-electron chi connectivity index (χ4n) is 3.10. The molecule has 1 atom stereocenters. The standard InChI is InChI=1S/C15H22N6S.HI/c1-16-14(18-11-4-5-20(9-11)13-2-3-13)17-8-12-10-21-6-7-22-15(21)19-12;/h6-7,10-11,13H,2-5,8-9H2,1H3,(H2,16,17,18);1H. The van der Waals surface area contributed by atoms with Crippen molar-refractivity contribution in [3.05, 3.63) is 23.5 Å². The Bertz CT molecular complexity index is 648. The van der Waals surface area contributed by atoms with Crippen LogP contribution in [0.2, 0.25) is 0 Å². The molecule has 2 aromatic heterocycles. The lowest BCUT2D eigenvalue weighted by molar-refractivity contribution is 0.321. The molecular formula is C15H23IN6S. The second kappa shape index (κ2) is 7.35. The molecule has 1 saturated carbocycles. The Balaban J connectivity index is 0.00000156. The van der Waals surface area contributed by atoms with Gasteiger partial charge in [-0.05, 0) is 19.3 Å². The van der Waals surface area contributed by atoms with Crippen LogP contribution < -0.4 is 10.6 Å². The number of imidazole rings is 1. The van der Waals surface area contributed by atoms with E-state index in [2.05, 4.69) is 36.1 Å². The predicted octanol–water partition coefficient (Wildman–Crippen LogP) is 1.92. The van der Waals surface area contributed by atoms with Gasteiger partial charge in [0.1, 0.15) is 0 Å². The van der Waals surface area contributed by atoms with Crippen LogP contribution in [0.5, 0.6) is 0 Å². The smallest absolute Gasteiger partial charge is 0.193 e. The SMILES string of the molecule is CN=C(NCc1cn2ccsc2n1)NC1CCN(C2CC2)C1.I. The Hall–Kier alpha value is -0.870. The highest BCUT2D eigenvalue weighted by Crippen LogP contribution is 2.29. The minimum absolute atomic E-state index is 0. The monoisotopic (exact) mass is 446 g/mol. The fraction of sp³-hybridized carbons (Fsp3) is 0.600. The van der Waals surface area contributed by atoms with Crippen LogP contribution in [0.1, 0.15) is 25.0 Å². The number of hydrogen-bond acceptors (Lipinski definition) is 4. The van der Waals surface area contributed by atoms with E-state index in [-0.39, 0.29) is 24.0 Å². The van der Waals surface area contributed by atoms with E-state index in [0.29, 0.717) is 12.6 Å². The van der Waals surface area contributed by atoms with E-state index in [1.165, 1.54) is 25.8 Å². The average molecular weight is 446 g/mol. The summed E-state index contributed by atoms with van der Waals surface area (Å²) in [4.78, 5) is 12.6. The van der Waals surface area contributed by atoms with E-state index in [1.54, 1.807) is 11.3 Å². The number of rotatable bonds is 4. The molecule has 1 saturated heterocycles. The first-order valence-corrected chi connectivity index (χ1v) is 8.82. The predicted molar refractivity (Wildman–Crippen MR) is 105 cm³/mol. The maximum Gasteiger partial charge on any atom is 0.193 e. The van der Waals surface area contributed by atoms with Gasteiger partial charge in [-0.25, -0.2) is 4.98 Å². The zero-order valence-electron chi connectivity index (χ0n) is 13.2. The summed E-state index contributed by atoms with van der Waals surface area (Å²) in [5, 5.41) is 8.96. The maximum absolute atomic E-state index is 4.58. The molecule has 4 rings (SSSR count). The molecule has 23 heavy (non-hydrogen) atoms. The van der Waals surface area contributed by atoms with Gasteiger partial charge in [0.15, 0.2) is 10.9 Å². The van der Waals surface area contributed by atoms with Crippen LogP contribution in [-0.2, 0) is 6.54 Å². The van der Waals surface area contributed by atoms with Gasteiger partial charge in [0.2, 0.25) is 0 Å². The van der Waals surface area contributed by atoms with Crippen molar-refractivity contribution in [1.29, 1.82) is 0 Å². The molecule has 1 unspecified atom stereocenters. The molecule has 6 nitrogen and oxygen atoms in total. The average Bonchev–Trinajstić information content (AvgIpc) is 2.94. The van der Waals surface area contributed by atoms with E-state index >= 15 is 0 Å². The number of guanidine groups is 1. The van der Waals surface area contributed by atoms with Crippen molar-refractivity contribution < 1.29 is 0 Å². The van der Waals surface area contributed by atoms with Gasteiger partial charge < -0.3 is 10.6 Å². The first-order valence-electron chi connectivity index (χ1n) is 7.94. The number of thiazole rings is 1. The highest BCUT2D eigenvalue weighted by molar-refractivity contribution is 14.0. The van der Waals surface area contributed by atoms with E-state index in [0.717, 1.165) is 29.2 Å². The minimum atomic E-state index is 0. The van der Waals surface area contributed by atoms with Crippen molar-refractivity contribution in [3.63, 3.8) is 0 Å². The van der Waals surface area contributed by atoms with Crippen LogP contribution in [0.25, 0.3) is 4.96 Å². The fourth-order valence-corrected chi connectivity index (χ4v) is 3.82. The van der Waals surface area contributed by atoms with Crippen LogP contribution in [0.15, 0.2) is 22.8 Å². The number of fused-ring (bicyclic) bond motifs is 1. The van der Waals surface area contributed by atoms with Crippen LogP contribution in [-0.4, -0.2) is 52.5 Å². The zero-order valence-corrected chi connectivity index (χ0v) is 16.4. The Morgan fingerprint density at radius 1 is 1.43 bits per heavy atom. The molecule has 0 radical (unpaired) electrons. The molecule has 0 bridgehead atoms. The summed E-state index contributed by atoms with van der Waals surface area (Å²) in [7, 11) is 1.83. The molecule has 8 heteroatoms. The second-order valence-corrected chi connectivity index (χ2v) is 6.98. The number of aliphatic imine (C=N–C) groups is 1. The molecule has 0 amide bonds. The van der Waals surface area contributed by atoms with E-state index < -0.39 is 0 Å². The number of aromatic nitrogens is 2. The molecule has 0 spiro atoms. The van der Waals surface area contributed by atoms with Crippen molar-refractivity contribution in [2.45, 2.75) is 37.9 Å². The molecule has 126 valence electrons. The normalized spacial score (nSPS) is 22.3. The van der Waals surface area contributed by atoms with Crippen molar-refractivity contribution in [3.8, 4) is 0 Å². The largest absolute Gasteiger partial charge is 0.352 e. The van der Waals surface area contributed by atoms with Gasteiger partial charge in [-0.3, -0.25) is 14.3 Å². The van der Waals surface area contributed by atoms with Gasteiger partial charge in [0, 0.05) is 50.0 Å². The molecule has 2 fully saturated rings. The number of nitrogens with one attached hydrogen (secondary N) is 2. The van der Waals surface area contributed by atoms with Gasteiger partial charge in [-0.15, -0.1) is 35.3 Å². The lowest BCUT2D eigenvalue weighted by atomic mass is 10.3. The second-order valence-electron chi connectivity index (χ2n) is 6.11. The highest BCUT2D eigenvalue weighted by Gasteiger charge is 2.34. The molecule has 3 heterocycles. The summed E-state index contributed by atoms with van der Waals surface area (Å²) in [6.07, 6.45) is 8.08. The third kappa shape index (κ3) is 3.97. The van der Waals surface area contributed by atoms with Gasteiger partial charge in [0.25, 0.3) is 0 Å². The van der Waals surface area contributed by atoms with E-state index in [1.807, 2.05) is 18.6 Å². The number of likely N-dealkylation sites (tertiary alicyclic amines) is 1. The van der Waals surface area contributed by atoms with Crippen molar-refractivity contribution >= 4 is 46.2 Å². The van der Waals surface area contributed by atoms with Crippen LogP contribution >= 0.6 is 35.3 Å². The van der Waals surface area contributed by atoms with Gasteiger partial charge in [-0.2, -0.15) is 0 Å². The molecular weight excluding hydrogens is 423 g/mol. The molecule has 1 aliphatic carbocycles. The summed E-state index contributed by atoms with van der Waals surface area (Å²) < 4.78 is 2.06. The summed E-state index contributed by atoms with van der Waals surface area (Å²) in [5.41, 5.74) is 1.04. The Morgan fingerprint density at radius 2 is 2.30 bits per heavy atom. The molecule has 0 aromatic carbocycles. The third-order valence-electron chi connectivity index (χ3n) is 4.43. The lowest BCUT2D eigenvalue weighted by Gasteiger charge is -2.18.